The van der Waals surface area contributed by atoms with Gasteiger partial charge in [-0.25, -0.2) is 4.39 Å². The van der Waals surface area contributed by atoms with Crippen LogP contribution >= 0.6 is 11.6 Å². The Labute approximate surface area is 111 Å². The van der Waals surface area contributed by atoms with Crippen LogP contribution < -0.4 is 5.32 Å². The third kappa shape index (κ3) is 2.68. The normalized spacial score (nSPS) is 12.4. The van der Waals surface area contributed by atoms with E-state index in [1.165, 1.54) is 12.1 Å². The van der Waals surface area contributed by atoms with Gasteiger partial charge in [-0.2, -0.15) is 0 Å². The van der Waals surface area contributed by atoms with Gasteiger partial charge in [0.2, 0.25) is 0 Å². The summed E-state index contributed by atoms with van der Waals surface area (Å²) in [7, 11) is 1.82. The van der Waals surface area contributed by atoms with Crippen molar-refractivity contribution >= 4 is 11.6 Å². The van der Waals surface area contributed by atoms with Crippen molar-refractivity contribution in [1.82, 2.24) is 10.3 Å². The van der Waals surface area contributed by atoms with Crippen molar-refractivity contribution in [2.75, 3.05) is 7.05 Å². The van der Waals surface area contributed by atoms with E-state index in [1.54, 1.807) is 12.4 Å². The summed E-state index contributed by atoms with van der Waals surface area (Å²) in [4.78, 5) is 3.96. The van der Waals surface area contributed by atoms with Gasteiger partial charge in [-0.1, -0.05) is 17.7 Å². The third-order valence-electron chi connectivity index (χ3n) is 2.80. The van der Waals surface area contributed by atoms with E-state index >= 15 is 0 Å². The number of pyridine rings is 1. The van der Waals surface area contributed by atoms with Gasteiger partial charge < -0.3 is 5.32 Å². The summed E-state index contributed by atoms with van der Waals surface area (Å²) < 4.78 is 13.5. The van der Waals surface area contributed by atoms with Crippen LogP contribution in [0.15, 0.2) is 36.7 Å². The molecule has 0 amide bonds. The molecule has 0 fully saturated rings. The zero-order valence-electron chi connectivity index (χ0n) is 10.2. The Morgan fingerprint density at radius 3 is 2.72 bits per heavy atom. The highest BCUT2D eigenvalue weighted by atomic mass is 35.5. The Balaban J connectivity index is 2.48. The summed E-state index contributed by atoms with van der Waals surface area (Å²) in [5.41, 5.74) is 2.62. The molecule has 0 aliphatic heterocycles. The second-order valence-electron chi connectivity index (χ2n) is 4.18. The number of halogens is 2. The van der Waals surface area contributed by atoms with Crippen LogP contribution in [0.5, 0.6) is 0 Å². The van der Waals surface area contributed by atoms with Crippen LogP contribution in [0.1, 0.15) is 22.7 Å². The number of aromatic nitrogens is 1. The zero-order valence-corrected chi connectivity index (χ0v) is 11.0. The highest BCUT2D eigenvalue weighted by Gasteiger charge is 2.16. The molecule has 0 saturated heterocycles. The monoisotopic (exact) mass is 264 g/mol. The van der Waals surface area contributed by atoms with Crippen LogP contribution in [0.4, 0.5) is 4.39 Å². The average molecular weight is 265 g/mol. The Bertz CT molecular complexity index is 537. The maximum Gasteiger partial charge on any atom is 0.123 e. The fourth-order valence-corrected chi connectivity index (χ4v) is 2.28. The lowest BCUT2D eigenvalue weighted by Gasteiger charge is -2.18. The van der Waals surface area contributed by atoms with E-state index in [9.17, 15) is 4.39 Å². The van der Waals surface area contributed by atoms with Crippen LogP contribution in [0.25, 0.3) is 0 Å². The van der Waals surface area contributed by atoms with Gasteiger partial charge in [0.15, 0.2) is 0 Å². The fraction of sp³-hybridized carbons (Fsp3) is 0.214. The van der Waals surface area contributed by atoms with E-state index < -0.39 is 0 Å². The predicted molar refractivity (Wildman–Crippen MR) is 71.3 cm³/mol. The molecule has 1 aromatic carbocycles. The second-order valence-corrected chi connectivity index (χ2v) is 4.59. The van der Waals surface area contributed by atoms with Gasteiger partial charge in [0.05, 0.1) is 11.1 Å². The molecule has 1 N–H and O–H groups in total. The molecule has 1 aromatic heterocycles. The SMILES string of the molecule is CNC(c1cc(C)cc(F)c1)c1ccncc1Cl. The number of aryl methyl sites for hydroxylation is 1. The Kier molecular flexibility index (Phi) is 3.94. The molecular formula is C14H14ClFN2. The number of hydrogen-bond acceptors (Lipinski definition) is 2. The van der Waals surface area contributed by atoms with Crippen LogP contribution in [0, 0.1) is 12.7 Å². The highest BCUT2D eigenvalue weighted by molar-refractivity contribution is 6.31. The van der Waals surface area contributed by atoms with Crippen molar-refractivity contribution < 1.29 is 4.39 Å². The molecule has 94 valence electrons. The first-order valence-electron chi connectivity index (χ1n) is 5.65. The second kappa shape index (κ2) is 5.46. The number of hydrogen-bond donors (Lipinski definition) is 1. The maximum atomic E-state index is 13.5. The zero-order chi connectivity index (χ0) is 13.1. The van der Waals surface area contributed by atoms with Gasteiger partial charge in [-0.05, 0) is 48.9 Å². The predicted octanol–water partition coefficient (Wildman–Crippen LogP) is 3.49. The van der Waals surface area contributed by atoms with Gasteiger partial charge in [0.1, 0.15) is 5.82 Å². The number of rotatable bonds is 3. The van der Waals surface area contributed by atoms with Crippen molar-refractivity contribution in [3.05, 3.63) is 64.2 Å². The Morgan fingerprint density at radius 1 is 1.33 bits per heavy atom. The molecule has 0 radical (unpaired) electrons. The molecule has 1 unspecified atom stereocenters. The van der Waals surface area contributed by atoms with Gasteiger partial charge in [0.25, 0.3) is 0 Å². The summed E-state index contributed by atoms with van der Waals surface area (Å²) >= 11 is 6.13. The van der Waals surface area contributed by atoms with E-state index in [-0.39, 0.29) is 11.9 Å². The Hall–Kier alpha value is -1.45. The lowest BCUT2D eigenvalue weighted by atomic mass is 9.98. The van der Waals surface area contributed by atoms with Crippen molar-refractivity contribution in [1.29, 1.82) is 0 Å². The van der Waals surface area contributed by atoms with Gasteiger partial charge in [-0.15, -0.1) is 0 Å². The summed E-state index contributed by atoms with van der Waals surface area (Å²) in [6.45, 7) is 1.87. The number of benzene rings is 1. The third-order valence-corrected chi connectivity index (χ3v) is 3.12. The first-order chi connectivity index (χ1) is 8.61. The summed E-state index contributed by atoms with van der Waals surface area (Å²) in [6, 6.07) is 6.66. The van der Waals surface area contributed by atoms with E-state index in [1.807, 2.05) is 26.1 Å². The molecule has 0 spiro atoms. The minimum atomic E-state index is -0.240. The molecule has 2 nitrogen and oxygen atoms in total. The molecule has 0 saturated carbocycles. The van der Waals surface area contributed by atoms with Crippen molar-refractivity contribution in [2.45, 2.75) is 13.0 Å². The Morgan fingerprint density at radius 2 is 2.11 bits per heavy atom. The molecule has 1 heterocycles. The first kappa shape index (κ1) is 13.0. The smallest absolute Gasteiger partial charge is 0.123 e. The van der Waals surface area contributed by atoms with Crippen LogP contribution in [0.3, 0.4) is 0 Å². The van der Waals surface area contributed by atoms with E-state index in [0.29, 0.717) is 5.02 Å². The van der Waals surface area contributed by atoms with Gasteiger partial charge in [-0.3, -0.25) is 4.98 Å². The summed E-state index contributed by atoms with van der Waals surface area (Å²) in [6.07, 6.45) is 3.27. The lowest BCUT2D eigenvalue weighted by Crippen LogP contribution is -2.18. The van der Waals surface area contributed by atoms with Crippen molar-refractivity contribution in [3.8, 4) is 0 Å². The molecule has 0 bridgehead atoms. The van der Waals surface area contributed by atoms with Crippen LogP contribution in [0.2, 0.25) is 5.02 Å². The molecular weight excluding hydrogens is 251 g/mol. The minimum Gasteiger partial charge on any atom is -0.309 e. The van der Waals surface area contributed by atoms with E-state index in [2.05, 4.69) is 10.3 Å². The van der Waals surface area contributed by atoms with Crippen LogP contribution in [-0.2, 0) is 0 Å². The molecule has 0 aliphatic rings. The number of nitrogens with one attached hydrogen (secondary N) is 1. The molecule has 1 atom stereocenters. The molecule has 2 rings (SSSR count). The molecule has 0 aliphatic carbocycles. The quantitative estimate of drug-likeness (QED) is 0.918. The minimum absolute atomic E-state index is 0.144. The first-order valence-corrected chi connectivity index (χ1v) is 6.03. The van der Waals surface area contributed by atoms with Crippen molar-refractivity contribution in [2.24, 2.45) is 0 Å². The molecule has 18 heavy (non-hydrogen) atoms. The van der Waals surface area contributed by atoms with Crippen LogP contribution in [-0.4, -0.2) is 12.0 Å². The lowest BCUT2D eigenvalue weighted by molar-refractivity contribution is 0.615. The largest absolute Gasteiger partial charge is 0.309 e. The van der Waals surface area contributed by atoms with E-state index in [0.717, 1.165) is 16.7 Å². The summed E-state index contributed by atoms with van der Waals surface area (Å²) in [5.74, 6) is -0.240. The molecule has 2 aromatic rings. The highest BCUT2D eigenvalue weighted by Crippen LogP contribution is 2.28. The fourth-order valence-electron chi connectivity index (χ4n) is 2.05. The maximum absolute atomic E-state index is 13.5. The van der Waals surface area contributed by atoms with E-state index in [4.69, 9.17) is 11.6 Å². The standard InChI is InChI=1S/C14H14ClFN2/c1-9-5-10(7-11(16)6-9)14(17-2)12-3-4-18-8-13(12)15/h3-8,14,17H,1-2H3. The van der Waals surface area contributed by atoms with Gasteiger partial charge in [0, 0.05) is 12.4 Å². The van der Waals surface area contributed by atoms with Crippen molar-refractivity contribution in [3.63, 3.8) is 0 Å². The topological polar surface area (TPSA) is 24.9 Å². The summed E-state index contributed by atoms with van der Waals surface area (Å²) in [5, 5.41) is 3.72. The molecule has 4 heteroatoms. The van der Waals surface area contributed by atoms with Gasteiger partial charge >= 0.3 is 0 Å². The number of nitrogens with zero attached hydrogens (tertiary/aromatic N) is 1. The average Bonchev–Trinajstić information content (AvgIpc) is 2.31.